The van der Waals surface area contributed by atoms with Crippen LogP contribution in [0.15, 0.2) is 30.0 Å². The number of carbonyl (C=O) groups is 2. The van der Waals surface area contributed by atoms with Crippen LogP contribution in [-0.4, -0.2) is 11.9 Å². The van der Waals surface area contributed by atoms with Crippen molar-refractivity contribution in [3.8, 4) is 33.8 Å². The second-order valence-electron chi connectivity index (χ2n) is 8.87. The Kier molecular flexibility index (Phi) is 8.96. The lowest BCUT2D eigenvalue weighted by Crippen LogP contribution is -2.10. The van der Waals surface area contributed by atoms with Crippen LogP contribution in [0.4, 0.5) is 0 Å². The zero-order valence-electron chi connectivity index (χ0n) is 21.3. The molecule has 3 aromatic rings. The monoisotopic (exact) mass is 742 g/mol. The molecule has 0 spiro atoms. The summed E-state index contributed by atoms with van der Waals surface area (Å²) in [5.74, 6) is -0.236. The van der Waals surface area contributed by atoms with Crippen molar-refractivity contribution in [2.75, 3.05) is 0 Å². The Morgan fingerprint density at radius 3 is 1.11 bits per heavy atom. The molecule has 0 aromatic heterocycles. The smallest absolute Gasteiger partial charge is 0.308 e. The van der Waals surface area contributed by atoms with Gasteiger partial charge in [-0.3, -0.25) is 9.59 Å². The highest BCUT2D eigenvalue weighted by Crippen LogP contribution is 2.56. The van der Waals surface area contributed by atoms with Crippen LogP contribution < -0.4 is 9.47 Å². The van der Waals surface area contributed by atoms with Gasteiger partial charge in [0.2, 0.25) is 0 Å². The molecule has 36 heavy (non-hydrogen) atoms. The topological polar surface area (TPSA) is 52.6 Å². The molecule has 0 aliphatic heterocycles. The molecule has 190 valence electrons. The maximum absolute atomic E-state index is 12.3. The molecular weight excluding hydrogens is 720 g/mol. The highest BCUT2D eigenvalue weighted by Gasteiger charge is 2.31. The molecule has 3 aromatic carbocycles. The van der Waals surface area contributed by atoms with E-state index in [1.54, 1.807) is 0 Å². The number of benzene rings is 3. The molecule has 0 atom stereocenters. The third-order valence-corrected chi connectivity index (χ3v) is 9.99. The highest BCUT2D eigenvalue weighted by atomic mass is 79.9. The molecule has 3 rings (SSSR count). The van der Waals surface area contributed by atoms with Crippen molar-refractivity contribution in [2.24, 2.45) is 0 Å². The number of rotatable bonds is 4. The number of esters is 2. The molecule has 0 bridgehead atoms. The lowest BCUT2D eigenvalue weighted by atomic mass is 9.88. The summed E-state index contributed by atoms with van der Waals surface area (Å²) in [6.07, 6.45) is 0. The van der Waals surface area contributed by atoms with E-state index in [9.17, 15) is 9.59 Å². The first-order valence-corrected chi connectivity index (χ1v) is 14.3. The number of carbonyl (C=O) groups excluding carboxylic acids is 2. The number of aryl methyl sites for hydroxylation is 4. The van der Waals surface area contributed by atoms with E-state index >= 15 is 0 Å². The Bertz CT molecular complexity index is 1330. The molecule has 0 heterocycles. The van der Waals surface area contributed by atoms with Crippen LogP contribution in [0.1, 0.15) is 47.2 Å². The third kappa shape index (κ3) is 5.24. The van der Waals surface area contributed by atoms with E-state index in [-0.39, 0.29) is 0 Å². The fraction of sp³-hybridized carbons (Fsp3) is 0.286. The lowest BCUT2D eigenvalue weighted by Gasteiger charge is -2.25. The van der Waals surface area contributed by atoms with Gasteiger partial charge in [-0.05, 0) is 118 Å². The first kappa shape index (κ1) is 29.1. The minimum absolute atomic E-state index is 0.345. The highest BCUT2D eigenvalue weighted by molar-refractivity contribution is 9.11. The molecule has 0 aliphatic carbocycles. The zero-order chi connectivity index (χ0) is 27.2. The van der Waals surface area contributed by atoms with Gasteiger partial charge in [0.25, 0.3) is 0 Å². The van der Waals surface area contributed by atoms with Crippen LogP contribution in [-0.2, 0) is 9.59 Å². The number of hydrogen-bond donors (Lipinski definition) is 0. The van der Waals surface area contributed by atoms with Gasteiger partial charge in [-0.2, -0.15) is 0 Å². The van der Waals surface area contributed by atoms with Gasteiger partial charge < -0.3 is 9.47 Å². The van der Waals surface area contributed by atoms with Crippen LogP contribution in [0.25, 0.3) is 22.3 Å². The molecule has 0 fully saturated rings. The zero-order valence-corrected chi connectivity index (χ0v) is 27.6. The van der Waals surface area contributed by atoms with Crippen molar-refractivity contribution in [3.63, 3.8) is 0 Å². The van der Waals surface area contributed by atoms with Gasteiger partial charge in [0.1, 0.15) is 0 Å². The van der Waals surface area contributed by atoms with Crippen LogP contribution in [0.5, 0.6) is 11.5 Å². The van der Waals surface area contributed by atoms with E-state index < -0.39 is 11.9 Å². The molecule has 0 saturated carbocycles. The van der Waals surface area contributed by atoms with E-state index in [1.807, 2.05) is 41.5 Å². The van der Waals surface area contributed by atoms with Gasteiger partial charge in [-0.25, -0.2) is 0 Å². The van der Waals surface area contributed by atoms with Crippen LogP contribution in [0.3, 0.4) is 0 Å². The summed E-state index contributed by atoms with van der Waals surface area (Å²) in [6.45, 7) is 14.8. The van der Waals surface area contributed by atoms with Gasteiger partial charge in [-0.15, -0.1) is 0 Å². The second-order valence-corrected chi connectivity index (χ2v) is 12.0. The summed E-state index contributed by atoms with van der Waals surface area (Å²) < 4.78 is 14.7. The molecule has 8 heteroatoms. The van der Waals surface area contributed by atoms with Gasteiger partial charge in [-0.1, -0.05) is 44.0 Å². The van der Waals surface area contributed by atoms with E-state index in [0.29, 0.717) is 31.6 Å². The Morgan fingerprint density at radius 1 is 0.528 bits per heavy atom. The standard InChI is InChI=1S/C28H26Br4O4/c1-11-9-13(3)23(29)15(5)19(11)21-25(31)28(36-18(8)34)22(26(32)27(21)35-17(7)33)20-12(2)10-14(4)24(30)16(20)6/h9-10H,1-8H3. The maximum atomic E-state index is 12.3. The maximum Gasteiger partial charge on any atom is 0.308 e. The molecule has 0 radical (unpaired) electrons. The van der Waals surface area contributed by atoms with Crippen LogP contribution in [0.2, 0.25) is 0 Å². The fourth-order valence-corrected chi connectivity index (χ4v) is 6.60. The summed E-state index contributed by atoms with van der Waals surface area (Å²) in [4.78, 5) is 24.7. The van der Waals surface area contributed by atoms with E-state index in [2.05, 4.69) is 75.9 Å². The quantitative estimate of drug-likeness (QED) is 0.197. The van der Waals surface area contributed by atoms with Crippen molar-refractivity contribution < 1.29 is 19.1 Å². The molecule has 0 aliphatic rings. The van der Waals surface area contributed by atoms with Crippen molar-refractivity contribution in [1.82, 2.24) is 0 Å². The predicted octanol–water partition coefficient (Wildman–Crippen LogP) is 9.77. The summed E-state index contributed by atoms with van der Waals surface area (Å²) in [6, 6.07) is 4.13. The van der Waals surface area contributed by atoms with Crippen molar-refractivity contribution in [2.45, 2.75) is 55.4 Å². The largest absolute Gasteiger partial charge is 0.425 e. The van der Waals surface area contributed by atoms with Crippen LogP contribution >= 0.6 is 63.7 Å². The summed E-state index contributed by atoms with van der Waals surface area (Å²) in [5, 5.41) is 0. The Labute approximate surface area is 245 Å². The molecule has 0 amide bonds. The predicted molar refractivity (Wildman–Crippen MR) is 159 cm³/mol. The summed E-state index contributed by atoms with van der Waals surface area (Å²) >= 11 is 14.9. The first-order chi connectivity index (χ1) is 16.7. The molecular formula is C28H26Br4O4. The normalized spacial score (nSPS) is 11.0. The molecule has 0 saturated heterocycles. The van der Waals surface area contributed by atoms with Crippen molar-refractivity contribution >= 4 is 75.7 Å². The van der Waals surface area contributed by atoms with Crippen molar-refractivity contribution in [3.05, 3.63) is 63.4 Å². The SMILES string of the molecule is CC(=O)Oc1c(Br)c(-c2c(C)cc(C)c(Br)c2C)c(OC(C)=O)c(Br)c1-c1c(C)cc(C)c(Br)c1C. The number of ether oxygens (including phenoxy) is 2. The van der Waals surface area contributed by atoms with Crippen molar-refractivity contribution in [1.29, 1.82) is 0 Å². The third-order valence-electron chi connectivity index (χ3n) is 6.04. The minimum atomic E-state index is -0.463. The van der Waals surface area contributed by atoms with Gasteiger partial charge in [0, 0.05) is 33.9 Å². The molecule has 4 nitrogen and oxygen atoms in total. The average molecular weight is 746 g/mol. The molecule has 0 unspecified atom stereocenters. The number of halogens is 4. The number of hydrogen-bond acceptors (Lipinski definition) is 4. The van der Waals surface area contributed by atoms with E-state index in [1.165, 1.54) is 13.8 Å². The van der Waals surface area contributed by atoms with Crippen LogP contribution in [0, 0.1) is 41.5 Å². The van der Waals surface area contributed by atoms with E-state index in [0.717, 1.165) is 53.5 Å². The Balaban J connectivity index is 2.64. The summed E-state index contributed by atoms with van der Waals surface area (Å²) in [5.41, 5.74) is 9.08. The second kappa shape index (κ2) is 11.1. The minimum Gasteiger partial charge on any atom is -0.425 e. The average Bonchev–Trinajstić information content (AvgIpc) is 2.77. The lowest BCUT2D eigenvalue weighted by molar-refractivity contribution is -0.133. The van der Waals surface area contributed by atoms with Gasteiger partial charge in [0.05, 0.1) is 8.95 Å². The van der Waals surface area contributed by atoms with Gasteiger partial charge in [0.15, 0.2) is 11.5 Å². The van der Waals surface area contributed by atoms with Gasteiger partial charge >= 0.3 is 11.9 Å². The fourth-order valence-electron chi connectivity index (χ4n) is 4.66. The van der Waals surface area contributed by atoms with E-state index in [4.69, 9.17) is 9.47 Å². The Hall–Kier alpha value is -1.48. The first-order valence-electron chi connectivity index (χ1n) is 11.1. The Morgan fingerprint density at radius 2 is 0.833 bits per heavy atom. The summed E-state index contributed by atoms with van der Waals surface area (Å²) in [7, 11) is 0. The molecule has 0 N–H and O–H groups in total.